The largest absolute Gasteiger partial charge is 0.348 e. The molecule has 1 saturated heterocycles. The zero-order valence-corrected chi connectivity index (χ0v) is 13.3. The van der Waals surface area contributed by atoms with Crippen LogP contribution in [-0.2, 0) is 9.47 Å². The smallest absolute Gasteiger partial charge is 0.177 e. The van der Waals surface area contributed by atoms with Gasteiger partial charge >= 0.3 is 0 Å². The van der Waals surface area contributed by atoms with Crippen molar-refractivity contribution in [2.24, 2.45) is 0 Å². The Hall–Kier alpha value is -0.740. The van der Waals surface area contributed by atoms with E-state index in [0.717, 1.165) is 29.4 Å². The molecule has 0 aliphatic carbocycles. The van der Waals surface area contributed by atoms with Crippen LogP contribution in [-0.4, -0.2) is 31.0 Å². The van der Waals surface area contributed by atoms with Crippen LogP contribution in [0.1, 0.15) is 12.5 Å². The maximum atomic E-state index is 5.86. The van der Waals surface area contributed by atoms with Crippen molar-refractivity contribution >= 4 is 29.4 Å². The molecule has 1 aliphatic rings. The SMILES string of the molecule is CSC1COC(C=C(C)C=Cc2ccc(Cl)cc2)OC1. The van der Waals surface area contributed by atoms with Gasteiger partial charge in [0.1, 0.15) is 0 Å². The van der Waals surface area contributed by atoms with Gasteiger partial charge in [-0.1, -0.05) is 41.5 Å². The molecule has 0 radical (unpaired) electrons. The van der Waals surface area contributed by atoms with Gasteiger partial charge in [-0.15, -0.1) is 0 Å². The zero-order chi connectivity index (χ0) is 14.4. The molecule has 0 bridgehead atoms. The summed E-state index contributed by atoms with van der Waals surface area (Å²) in [4.78, 5) is 0. The van der Waals surface area contributed by atoms with Crippen molar-refractivity contribution in [3.05, 3.63) is 52.6 Å². The van der Waals surface area contributed by atoms with Crippen LogP contribution in [0.15, 0.2) is 42.0 Å². The van der Waals surface area contributed by atoms with E-state index in [-0.39, 0.29) is 6.29 Å². The van der Waals surface area contributed by atoms with Crippen molar-refractivity contribution in [1.82, 2.24) is 0 Å². The number of rotatable bonds is 4. The van der Waals surface area contributed by atoms with Crippen molar-refractivity contribution in [1.29, 1.82) is 0 Å². The fourth-order valence-corrected chi connectivity index (χ4v) is 2.36. The first-order valence-electron chi connectivity index (χ1n) is 6.55. The van der Waals surface area contributed by atoms with Gasteiger partial charge in [-0.2, -0.15) is 11.8 Å². The number of hydrogen-bond donors (Lipinski definition) is 0. The van der Waals surface area contributed by atoms with Crippen molar-refractivity contribution in [3.63, 3.8) is 0 Å². The number of ether oxygens (including phenoxy) is 2. The van der Waals surface area contributed by atoms with Crippen molar-refractivity contribution in [2.45, 2.75) is 18.5 Å². The predicted molar refractivity (Wildman–Crippen MR) is 87.2 cm³/mol. The molecule has 0 unspecified atom stereocenters. The molecule has 4 heteroatoms. The molecule has 1 fully saturated rings. The number of benzene rings is 1. The third kappa shape index (κ3) is 4.98. The molecular weight excluding hydrogens is 292 g/mol. The number of hydrogen-bond acceptors (Lipinski definition) is 3. The molecule has 1 aliphatic heterocycles. The van der Waals surface area contributed by atoms with Crippen LogP contribution in [0, 0.1) is 0 Å². The lowest BCUT2D eigenvalue weighted by Gasteiger charge is -2.26. The normalized spacial score (nSPS) is 24.2. The fourth-order valence-electron chi connectivity index (χ4n) is 1.80. The lowest BCUT2D eigenvalue weighted by molar-refractivity contribution is -0.146. The van der Waals surface area contributed by atoms with Gasteiger partial charge in [-0.05, 0) is 37.0 Å². The minimum atomic E-state index is -0.228. The molecule has 0 atom stereocenters. The highest BCUT2D eigenvalue weighted by Crippen LogP contribution is 2.17. The first-order chi connectivity index (χ1) is 9.67. The van der Waals surface area contributed by atoms with E-state index in [2.05, 4.69) is 18.4 Å². The molecule has 0 N–H and O–H groups in total. The van der Waals surface area contributed by atoms with Gasteiger partial charge in [0.15, 0.2) is 6.29 Å². The van der Waals surface area contributed by atoms with Crippen molar-refractivity contribution < 1.29 is 9.47 Å². The molecule has 2 nitrogen and oxygen atoms in total. The summed E-state index contributed by atoms with van der Waals surface area (Å²) in [5.74, 6) is 0. The van der Waals surface area contributed by atoms with E-state index in [9.17, 15) is 0 Å². The van der Waals surface area contributed by atoms with E-state index in [1.54, 1.807) is 11.8 Å². The quantitative estimate of drug-likeness (QED) is 0.768. The molecule has 0 amide bonds. The second kappa shape index (κ2) is 7.89. The highest BCUT2D eigenvalue weighted by molar-refractivity contribution is 7.99. The van der Waals surface area contributed by atoms with Crippen molar-refractivity contribution in [2.75, 3.05) is 19.5 Å². The molecule has 0 saturated carbocycles. The minimum Gasteiger partial charge on any atom is -0.348 e. The molecule has 1 aromatic rings. The maximum Gasteiger partial charge on any atom is 0.177 e. The van der Waals surface area contributed by atoms with Crippen LogP contribution < -0.4 is 0 Å². The van der Waals surface area contributed by atoms with Gasteiger partial charge in [0.2, 0.25) is 0 Å². The van der Waals surface area contributed by atoms with E-state index >= 15 is 0 Å². The minimum absolute atomic E-state index is 0.228. The molecule has 0 aromatic heterocycles. The van der Waals surface area contributed by atoms with Gasteiger partial charge in [0.25, 0.3) is 0 Å². The first kappa shape index (κ1) is 15.6. The molecule has 0 spiro atoms. The van der Waals surface area contributed by atoms with Crippen LogP contribution in [0.4, 0.5) is 0 Å². The topological polar surface area (TPSA) is 18.5 Å². The standard InChI is InChI=1S/C16H19ClO2S/c1-12(3-4-13-5-7-14(17)8-6-13)9-16-18-10-15(20-2)11-19-16/h3-9,15-16H,10-11H2,1-2H3. The fraction of sp³-hybridized carbons (Fsp3) is 0.375. The van der Waals surface area contributed by atoms with Crippen LogP contribution in [0.5, 0.6) is 0 Å². The van der Waals surface area contributed by atoms with E-state index in [1.165, 1.54) is 0 Å². The second-order valence-corrected chi connectivity index (χ2v) is 6.26. The van der Waals surface area contributed by atoms with Crippen LogP contribution in [0.2, 0.25) is 5.02 Å². The van der Waals surface area contributed by atoms with E-state index < -0.39 is 0 Å². The Morgan fingerprint density at radius 1 is 1.25 bits per heavy atom. The van der Waals surface area contributed by atoms with E-state index in [4.69, 9.17) is 21.1 Å². The maximum absolute atomic E-state index is 5.86. The van der Waals surface area contributed by atoms with Gasteiger partial charge in [-0.25, -0.2) is 0 Å². The van der Waals surface area contributed by atoms with Gasteiger partial charge in [0.05, 0.1) is 18.5 Å². The third-order valence-electron chi connectivity index (χ3n) is 3.03. The Labute approximate surface area is 129 Å². The van der Waals surface area contributed by atoms with Gasteiger partial charge in [0, 0.05) is 5.02 Å². The Bertz CT molecular complexity index is 474. The monoisotopic (exact) mass is 310 g/mol. The lowest BCUT2D eigenvalue weighted by atomic mass is 10.1. The number of halogens is 1. The average Bonchev–Trinajstić information content (AvgIpc) is 2.47. The molecule has 1 aromatic carbocycles. The Morgan fingerprint density at radius 3 is 2.50 bits per heavy atom. The van der Waals surface area contributed by atoms with Gasteiger partial charge in [-0.3, -0.25) is 0 Å². The first-order valence-corrected chi connectivity index (χ1v) is 8.22. The Balaban J connectivity index is 1.89. The summed E-state index contributed by atoms with van der Waals surface area (Å²) in [6.45, 7) is 3.53. The summed E-state index contributed by atoms with van der Waals surface area (Å²) >= 11 is 7.64. The Morgan fingerprint density at radius 2 is 1.90 bits per heavy atom. The summed E-state index contributed by atoms with van der Waals surface area (Å²) in [5.41, 5.74) is 2.24. The highest BCUT2D eigenvalue weighted by atomic mass is 35.5. The highest BCUT2D eigenvalue weighted by Gasteiger charge is 2.19. The average molecular weight is 311 g/mol. The van der Waals surface area contributed by atoms with E-state index in [0.29, 0.717) is 5.25 Å². The molecular formula is C16H19ClO2S. The summed E-state index contributed by atoms with van der Waals surface area (Å²) in [5, 5.41) is 1.20. The zero-order valence-electron chi connectivity index (χ0n) is 11.7. The van der Waals surface area contributed by atoms with Crippen LogP contribution >= 0.6 is 23.4 Å². The molecule has 20 heavy (non-hydrogen) atoms. The van der Waals surface area contributed by atoms with E-state index in [1.807, 2.05) is 37.3 Å². The lowest BCUT2D eigenvalue weighted by Crippen LogP contribution is -2.32. The summed E-state index contributed by atoms with van der Waals surface area (Å²) < 4.78 is 11.3. The summed E-state index contributed by atoms with van der Waals surface area (Å²) in [6, 6.07) is 7.75. The van der Waals surface area contributed by atoms with Crippen LogP contribution in [0.25, 0.3) is 6.08 Å². The third-order valence-corrected chi connectivity index (χ3v) is 4.22. The summed E-state index contributed by atoms with van der Waals surface area (Å²) in [6.07, 6.45) is 7.96. The van der Waals surface area contributed by atoms with Gasteiger partial charge < -0.3 is 9.47 Å². The summed E-state index contributed by atoms with van der Waals surface area (Å²) in [7, 11) is 0. The molecule has 2 rings (SSSR count). The van der Waals surface area contributed by atoms with Crippen LogP contribution in [0.3, 0.4) is 0 Å². The molecule has 108 valence electrons. The second-order valence-electron chi connectivity index (χ2n) is 4.69. The molecule has 1 heterocycles. The number of thioether (sulfide) groups is 1. The Kier molecular flexibility index (Phi) is 6.17. The number of allylic oxidation sites excluding steroid dienone is 2. The van der Waals surface area contributed by atoms with Crippen molar-refractivity contribution in [3.8, 4) is 0 Å². The predicted octanol–water partition coefficient (Wildman–Crippen LogP) is 4.40.